The summed E-state index contributed by atoms with van der Waals surface area (Å²) < 4.78 is 37.7. The van der Waals surface area contributed by atoms with Crippen LogP contribution in [-0.4, -0.2) is 15.0 Å². The lowest BCUT2D eigenvalue weighted by atomic mass is 10.1. The fourth-order valence-electron chi connectivity index (χ4n) is 1.48. The van der Waals surface area contributed by atoms with E-state index < -0.39 is 17.6 Å². The van der Waals surface area contributed by atoms with E-state index in [1.165, 1.54) is 12.4 Å². The SMILES string of the molecule is Cc1ccncc1-c1cc(C(F)(F)F)[nH]c(=O)n1. The van der Waals surface area contributed by atoms with Crippen LogP contribution >= 0.6 is 0 Å². The molecule has 4 nitrogen and oxygen atoms in total. The highest BCUT2D eigenvalue weighted by atomic mass is 19.4. The van der Waals surface area contributed by atoms with Crippen LogP contribution in [0.15, 0.2) is 29.3 Å². The summed E-state index contributed by atoms with van der Waals surface area (Å²) in [7, 11) is 0. The Labute approximate surface area is 99.5 Å². The smallest absolute Gasteiger partial charge is 0.302 e. The van der Waals surface area contributed by atoms with Crippen LogP contribution in [0.5, 0.6) is 0 Å². The Bertz CT molecular complexity index is 634. The van der Waals surface area contributed by atoms with Crippen LogP contribution in [0.3, 0.4) is 0 Å². The standard InChI is InChI=1S/C11H8F3N3O/c1-6-2-3-15-5-7(6)8-4-9(11(12,13)14)17-10(18)16-8/h2-5H,1H3,(H,16,17,18). The van der Waals surface area contributed by atoms with Gasteiger partial charge in [0.05, 0.1) is 5.69 Å². The van der Waals surface area contributed by atoms with Crippen LogP contribution in [0.1, 0.15) is 11.3 Å². The van der Waals surface area contributed by atoms with Crippen LogP contribution in [0.25, 0.3) is 11.3 Å². The van der Waals surface area contributed by atoms with E-state index in [2.05, 4.69) is 9.97 Å². The van der Waals surface area contributed by atoms with Crippen LogP contribution < -0.4 is 5.69 Å². The predicted molar refractivity (Wildman–Crippen MR) is 57.8 cm³/mol. The van der Waals surface area contributed by atoms with E-state index in [1.807, 2.05) is 0 Å². The molecule has 1 N–H and O–H groups in total. The molecule has 0 aromatic carbocycles. The first-order valence-electron chi connectivity index (χ1n) is 4.97. The molecule has 0 aliphatic heterocycles. The average Bonchev–Trinajstić information content (AvgIpc) is 2.27. The number of rotatable bonds is 1. The molecule has 2 aromatic heterocycles. The molecule has 0 saturated heterocycles. The molecule has 2 heterocycles. The van der Waals surface area contributed by atoms with Gasteiger partial charge >= 0.3 is 11.9 Å². The molecule has 0 radical (unpaired) electrons. The number of hydrogen-bond acceptors (Lipinski definition) is 3. The minimum absolute atomic E-state index is 0.0447. The lowest BCUT2D eigenvalue weighted by Gasteiger charge is -2.08. The van der Waals surface area contributed by atoms with Crippen molar-refractivity contribution in [3.05, 3.63) is 46.3 Å². The number of halogens is 3. The molecule has 0 unspecified atom stereocenters. The van der Waals surface area contributed by atoms with Crippen LogP contribution in [0.2, 0.25) is 0 Å². The maximum atomic E-state index is 12.6. The topological polar surface area (TPSA) is 58.6 Å². The molecule has 0 aliphatic carbocycles. The Hall–Kier alpha value is -2.18. The van der Waals surface area contributed by atoms with Gasteiger partial charge < -0.3 is 4.98 Å². The van der Waals surface area contributed by atoms with Gasteiger partial charge in [-0.2, -0.15) is 18.2 Å². The number of hydrogen-bond donors (Lipinski definition) is 1. The van der Waals surface area contributed by atoms with E-state index in [0.717, 1.165) is 6.07 Å². The molecular weight excluding hydrogens is 247 g/mol. The molecule has 0 amide bonds. The zero-order valence-corrected chi connectivity index (χ0v) is 9.25. The van der Waals surface area contributed by atoms with Crippen molar-refractivity contribution in [2.45, 2.75) is 13.1 Å². The van der Waals surface area contributed by atoms with Crippen molar-refractivity contribution in [3.8, 4) is 11.3 Å². The second-order valence-corrected chi connectivity index (χ2v) is 3.67. The highest BCUT2D eigenvalue weighted by Crippen LogP contribution is 2.29. The highest BCUT2D eigenvalue weighted by Gasteiger charge is 2.32. The number of pyridine rings is 1. The molecule has 0 bridgehead atoms. The summed E-state index contributed by atoms with van der Waals surface area (Å²) in [5, 5.41) is 0. The maximum absolute atomic E-state index is 12.6. The van der Waals surface area contributed by atoms with Crippen LogP contribution in [0, 0.1) is 6.92 Å². The normalized spacial score (nSPS) is 11.6. The van der Waals surface area contributed by atoms with Gasteiger partial charge in [0.1, 0.15) is 5.69 Å². The third-order valence-electron chi connectivity index (χ3n) is 2.37. The number of nitrogens with zero attached hydrogens (tertiary/aromatic N) is 2. The van der Waals surface area contributed by atoms with Crippen molar-refractivity contribution in [3.63, 3.8) is 0 Å². The minimum Gasteiger partial charge on any atom is -0.302 e. The van der Waals surface area contributed by atoms with Gasteiger partial charge in [-0.25, -0.2) is 4.79 Å². The van der Waals surface area contributed by atoms with Crippen molar-refractivity contribution >= 4 is 0 Å². The highest BCUT2D eigenvalue weighted by molar-refractivity contribution is 5.62. The predicted octanol–water partition coefficient (Wildman–Crippen LogP) is 2.16. The van der Waals surface area contributed by atoms with E-state index in [-0.39, 0.29) is 5.69 Å². The zero-order valence-electron chi connectivity index (χ0n) is 9.25. The van der Waals surface area contributed by atoms with Crippen molar-refractivity contribution in [2.75, 3.05) is 0 Å². The Morgan fingerprint density at radius 1 is 1.33 bits per heavy atom. The second-order valence-electron chi connectivity index (χ2n) is 3.67. The van der Waals surface area contributed by atoms with E-state index in [1.54, 1.807) is 18.0 Å². The van der Waals surface area contributed by atoms with Gasteiger partial charge in [0.15, 0.2) is 0 Å². The van der Waals surface area contributed by atoms with Crippen LogP contribution in [0.4, 0.5) is 13.2 Å². The summed E-state index contributed by atoms with van der Waals surface area (Å²) in [6.07, 6.45) is -1.74. The fourth-order valence-corrected chi connectivity index (χ4v) is 1.48. The monoisotopic (exact) mass is 255 g/mol. The Balaban J connectivity index is 2.63. The van der Waals surface area contributed by atoms with Gasteiger partial charge in [0, 0.05) is 18.0 Å². The average molecular weight is 255 g/mol. The molecule has 0 fully saturated rings. The van der Waals surface area contributed by atoms with Gasteiger partial charge in [-0.1, -0.05) is 0 Å². The summed E-state index contributed by atoms with van der Waals surface area (Å²) in [6.45, 7) is 1.70. The lowest BCUT2D eigenvalue weighted by Crippen LogP contribution is -2.19. The maximum Gasteiger partial charge on any atom is 0.431 e. The van der Waals surface area contributed by atoms with Gasteiger partial charge in [-0.3, -0.25) is 4.98 Å². The summed E-state index contributed by atoms with van der Waals surface area (Å²) in [5.41, 5.74) is -1.12. The quantitative estimate of drug-likeness (QED) is 0.849. The minimum atomic E-state index is -4.62. The molecule has 0 atom stereocenters. The molecule has 2 aromatic rings. The number of aryl methyl sites for hydroxylation is 1. The van der Waals surface area contributed by atoms with Crippen molar-refractivity contribution in [1.29, 1.82) is 0 Å². The van der Waals surface area contributed by atoms with Crippen molar-refractivity contribution in [2.24, 2.45) is 0 Å². The second kappa shape index (κ2) is 4.25. The molecule has 2 rings (SSSR count). The molecule has 94 valence electrons. The van der Waals surface area contributed by atoms with Crippen molar-refractivity contribution < 1.29 is 13.2 Å². The van der Waals surface area contributed by atoms with E-state index in [0.29, 0.717) is 11.1 Å². The zero-order chi connectivity index (χ0) is 13.3. The summed E-state index contributed by atoms with van der Waals surface area (Å²) in [4.78, 5) is 20.2. The van der Waals surface area contributed by atoms with E-state index in [4.69, 9.17) is 0 Å². The first-order valence-corrected chi connectivity index (χ1v) is 4.97. The molecule has 7 heteroatoms. The number of alkyl halides is 3. The number of aromatic nitrogens is 3. The molecule has 0 saturated carbocycles. The number of aromatic amines is 1. The van der Waals surface area contributed by atoms with Gasteiger partial charge in [0.25, 0.3) is 0 Å². The largest absolute Gasteiger partial charge is 0.431 e. The fraction of sp³-hybridized carbons (Fsp3) is 0.182. The number of H-pyrrole nitrogens is 1. The third-order valence-corrected chi connectivity index (χ3v) is 2.37. The Kier molecular flexibility index (Phi) is 2.90. The third kappa shape index (κ3) is 2.39. The van der Waals surface area contributed by atoms with Gasteiger partial charge in [0.2, 0.25) is 0 Å². The lowest BCUT2D eigenvalue weighted by molar-refractivity contribution is -0.141. The van der Waals surface area contributed by atoms with Crippen LogP contribution in [-0.2, 0) is 6.18 Å². The van der Waals surface area contributed by atoms with E-state index in [9.17, 15) is 18.0 Å². The van der Waals surface area contributed by atoms with Gasteiger partial charge in [-0.05, 0) is 24.6 Å². The Morgan fingerprint density at radius 2 is 2.06 bits per heavy atom. The molecular formula is C11H8F3N3O. The Morgan fingerprint density at radius 3 is 2.67 bits per heavy atom. The molecule has 0 aliphatic rings. The first-order chi connectivity index (χ1) is 8.38. The summed E-state index contributed by atoms with van der Waals surface area (Å²) >= 11 is 0. The van der Waals surface area contributed by atoms with Gasteiger partial charge in [-0.15, -0.1) is 0 Å². The molecule has 0 spiro atoms. The first kappa shape index (κ1) is 12.3. The number of nitrogens with one attached hydrogen (secondary N) is 1. The molecule has 18 heavy (non-hydrogen) atoms. The summed E-state index contributed by atoms with van der Waals surface area (Å²) in [6, 6.07) is 2.43. The van der Waals surface area contributed by atoms with E-state index >= 15 is 0 Å². The van der Waals surface area contributed by atoms with Crippen molar-refractivity contribution in [1.82, 2.24) is 15.0 Å². The summed E-state index contributed by atoms with van der Waals surface area (Å²) in [5.74, 6) is 0.